The van der Waals surface area contributed by atoms with Gasteiger partial charge in [-0.15, -0.1) is 0 Å². The van der Waals surface area contributed by atoms with E-state index in [2.05, 4.69) is 28.7 Å². The van der Waals surface area contributed by atoms with E-state index in [9.17, 15) is 4.79 Å². The van der Waals surface area contributed by atoms with Crippen molar-refractivity contribution in [2.45, 2.75) is 45.4 Å². The van der Waals surface area contributed by atoms with Gasteiger partial charge in [0.25, 0.3) is 0 Å². The number of carbonyl (C=O) groups is 1. The smallest absolute Gasteiger partial charge is 0.315 e. The summed E-state index contributed by atoms with van der Waals surface area (Å²) >= 11 is 2.24. The first-order valence-corrected chi connectivity index (χ1v) is 8.09. The minimum Gasteiger partial charge on any atom is -0.468 e. The average molecular weight is 399 g/mol. The Bertz CT molecular complexity index is 548. The third-order valence-corrected chi connectivity index (χ3v) is 4.55. The second-order valence-electron chi connectivity index (χ2n) is 6.18. The van der Waals surface area contributed by atoms with Crippen LogP contribution in [0.25, 0.3) is 0 Å². The zero-order chi connectivity index (χ0) is 16.1. The Morgan fingerprint density at radius 3 is 2.52 bits per heavy atom. The number of halogens is 1. The number of carbonyl (C=O) groups excluding carboxylic acids is 1. The highest BCUT2D eigenvalue weighted by atomic mass is 127. The van der Waals surface area contributed by atoms with E-state index in [0.717, 1.165) is 22.0 Å². The Balaban J connectivity index is 2.96. The first kappa shape index (κ1) is 18.0. The first-order valence-electron chi connectivity index (χ1n) is 7.01. The lowest BCUT2D eigenvalue weighted by Gasteiger charge is -2.28. The summed E-state index contributed by atoms with van der Waals surface area (Å²) in [6.45, 7) is 5.77. The number of esters is 1. The molecule has 0 saturated carbocycles. The van der Waals surface area contributed by atoms with Gasteiger partial charge in [-0.3, -0.25) is 4.79 Å². The molecule has 4 heteroatoms. The van der Waals surface area contributed by atoms with E-state index in [0.29, 0.717) is 6.42 Å². The SMILES string of the molecule is COC(=O)C(C)(CCCC(C)(C)C#N)c1cccc(I)c1. The van der Waals surface area contributed by atoms with E-state index in [-0.39, 0.29) is 11.4 Å². The Labute approximate surface area is 140 Å². The minimum absolute atomic E-state index is 0.223. The fourth-order valence-electron chi connectivity index (χ4n) is 2.36. The average Bonchev–Trinajstić information content (AvgIpc) is 2.46. The number of nitriles is 1. The lowest BCUT2D eigenvalue weighted by Crippen LogP contribution is -2.34. The summed E-state index contributed by atoms with van der Waals surface area (Å²) in [6, 6.07) is 10.2. The molecular formula is C17H22INO2. The second-order valence-corrected chi connectivity index (χ2v) is 7.43. The van der Waals surface area contributed by atoms with Crippen LogP contribution in [0.2, 0.25) is 0 Å². The molecule has 1 aromatic carbocycles. The molecule has 0 spiro atoms. The fourth-order valence-corrected chi connectivity index (χ4v) is 2.90. The number of nitrogens with zero attached hydrogens (tertiary/aromatic N) is 1. The maximum absolute atomic E-state index is 12.3. The quantitative estimate of drug-likeness (QED) is 0.525. The van der Waals surface area contributed by atoms with Crippen LogP contribution in [0.15, 0.2) is 24.3 Å². The molecule has 114 valence electrons. The summed E-state index contributed by atoms with van der Waals surface area (Å²) in [5.41, 5.74) is -0.0557. The van der Waals surface area contributed by atoms with Crippen LogP contribution >= 0.6 is 22.6 Å². The molecule has 0 bridgehead atoms. The third-order valence-electron chi connectivity index (χ3n) is 3.88. The van der Waals surface area contributed by atoms with Crippen molar-refractivity contribution in [1.82, 2.24) is 0 Å². The largest absolute Gasteiger partial charge is 0.468 e. The summed E-state index contributed by atoms with van der Waals surface area (Å²) in [6.07, 6.45) is 2.24. The molecule has 0 heterocycles. The highest BCUT2D eigenvalue weighted by Crippen LogP contribution is 2.34. The Morgan fingerprint density at radius 1 is 1.33 bits per heavy atom. The van der Waals surface area contributed by atoms with Gasteiger partial charge in [0.1, 0.15) is 0 Å². The molecule has 0 amide bonds. The molecule has 0 aliphatic carbocycles. The molecular weight excluding hydrogens is 377 g/mol. The van der Waals surface area contributed by atoms with Crippen LogP contribution in [0, 0.1) is 20.3 Å². The van der Waals surface area contributed by atoms with Gasteiger partial charge >= 0.3 is 5.97 Å². The summed E-state index contributed by atoms with van der Waals surface area (Å²) in [5.74, 6) is -0.223. The van der Waals surface area contributed by atoms with Crippen LogP contribution < -0.4 is 0 Å². The standard InChI is InChI=1S/C17H22INO2/c1-16(2,12-19)9-6-10-17(3,15(20)21-4)13-7-5-8-14(18)11-13/h5,7-8,11H,6,9-10H2,1-4H3. The zero-order valence-corrected chi connectivity index (χ0v) is 15.2. The molecule has 0 fully saturated rings. The Morgan fingerprint density at radius 2 is 2.00 bits per heavy atom. The summed E-state index contributed by atoms with van der Waals surface area (Å²) in [7, 11) is 1.42. The molecule has 0 aromatic heterocycles. The number of hydrogen-bond acceptors (Lipinski definition) is 3. The van der Waals surface area contributed by atoms with Gasteiger partial charge in [-0.2, -0.15) is 5.26 Å². The second kappa shape index (κ2) is 7.26. The van der Waals surface area contributed by atoms with Gasteiger partial charge < -0.3 is 4.74 Å². The van der Waals surface area contributed by atoms with Crippen LogP contribution in [0.3, 0.4) is 0 Å². The van der Waals surface area contributed by atoms with Gasteiger partial charge in [0.05, 0.1) is 24.0 Å². The number of ether oxygens (including phenoxy) is 1. The van der Waals surface area contributed by atoms with Crippen molar-refractivity contribution in [2.75, 3.05) is 7.11 Å². The van der Waals surface area contributed by atoms with Gasteiger partial charge in [-0.1, -0.05) is 18.6 Å². The molecule has 3 nitrogen and oxygen atoms in total. The molecule has 0 aliphatic heterocycles. The highest BCUT2D eigenvalue weighted by Gasteiger charge is 2.36. The summed E-state index contributed by atoms with van der Waals surface area (Å²) in [4.78, 5) is 12.3. The highest BCUT2D eigenvalue weighted by molar-refractivity contribution is 14.1. The maximum atomic E-state index is 12.3. The molecule has 21 heavy (non-hydrogen) atoms. The molecule has 0 radical (unpaired) electrons. The van der Waals surface area contributed by atoms with Crippen LogP contribution in [0.1, 0.15) is 45.6 Å². The van der Waals surface area contributed by atoms with Gasteiger partial charge in [0.2, 0.25) is 0 Å². The predicted molar refractivity (Wildman–Crippen MR) is 91.8 cm³/mol. The van der Waals surface area contributed by atoms with Crippen LogP contribution in [0.4, 0.5) is 0 Å². The molecule has 1 rings (SSSR count). The van der Waals surface area contributed by atoms with E-state index < -0.39 is 5.41 Å². The van der Waals surface area contributed by atoms with Crippen molar-refractivity contribution in [1.29, 1.82) is 5.26 Å². The van der Waals surface area contributed by atoms with Crippen molar-refractivity contribution in [3.63, 3.8) is 0 Å². The fraction of sp³-hybridized carbons (Fsp3) is 0.529. The summed E-state index contributed by atoms with van der Waals surface area (Å²) in [5, 5.41) is 9.09. The third kappa shape index (κ3) is 4.70. The van der Waals surface area contributed by atoms with Gasteiger partial charge in [0.15, 0.2) is 0 Å². The van der Waals surface area contributed by atoms with E-state index in [1.54, 1.807) is 0 Å². The molecule has 0 aliphatic rings. The monoisotopic (exact) mass is 399 g/mol. The lowest BCUT2D eigenvalue weighted by atomic mass is 9.76. The normalized spacial score (nSPS) is 14.1. The first-order chi connectivity index (χ1) is 9.75. The van der Waals surface area contributed by atoms with E-state index in [4.69, 9.17) is 10.00 Å². The van der Waals surface area contributed by atoms with Crippen molar-refractivity contribution in [3.8, 4) is 6.07 Å². The maximum Gasteiger partial charge on any atom is 0.315 e. The van der Waals surface area contributed by atoms with E-state index in [1.807, 2.05) is 45.0 Å². The Hall–Kier alpha value is -1.09. The number of hydrogen-bond donors (Lipinski definition) is 0. The summed E-state index contributed by atoms with van der Waals surface area (Å²) < 4.78 is 6.11. The topological polar surface area (TPSA) is 50.1 Å². The molecule has 0 saturated heterocycles. The minimum atomic E-state index is -0.665. The van der Waals surface area contributed by atoms with Crippen molar-refractivity contribution in [3.05, 3.63) is 33.4 Å². The lowest BCUT2D eigenvalue weighted by molar-refractivity contribution is -0.147. The Kier molecular flexibility index (Phi) is 6.21. The number of rotatable bonds is 6. The van der Waals surface area contributed by atoms with Gasteiger partial charge in [-0.05, 0) is 73.9 Å². The van der Waals surface area contributed by atoms with Crippen LogP contribution in [-0.4, -0.2) is 13.1 Å². The number of benzene rings is 1. The van der Waals surface area contributed by atoms with Crippen molar-refractivity contribution in [2.24, 2.45) is 5.41 Å². The molecule has 1 aromatic rings. The van der Waals surface area contributed by atoms with E-state index in [1.165, 1.54) is 7.11 Å². The molecule has 0 N–H and O–H groups in total. The molecule has 1 unspecified atom stereocenters. The van der Waals surface area contributed by atoms with Gasteiger partial charge in [0, 0.05) is 3.57 Å². The van der Waals surface area contributed by atoms with Crippen LogP contribution in [0.5, 0.6) is 0 Å². The zero-order valence-electron chi connectivity index (χ0n) is 13.1. The molecule has 1 atom stereocenters. The van der Waals surface area contributed by atoms with Crippen molar-refractivity contribution < 1.29 is 9.53 Å². The number of methoxy groups -OCH3 is 1. The van der Waals surface area contributed by atoms with Crippen molar-refractivity contribution >= 4 is 28.6 Å². The predicted octanol–water partition coefficient (Wildman–Crippen LogP) is 4.44. The van der Waals surface area contributed by atoms with Crippen LogP contribution in [-0.2, 0) is 14.9 Å². The van der Waals surface area contributed by atoms with E-state index >= 15 is 0 Å². The van der Waals surface area contributed by atoms with Gasteiger partial charge in [-0.25, -0.2) is 0 Å².